The predicted molar refractivity (Wildman–Crippen MR) is 55.3 cm³/mol. The maximum Gasteiger partial charge on any atom is 0.258 e. The lowest BCUT2D eigenvalue weighted by atomic mass is 10.2. The van der Waals surface area contributed by atoms with E-state index >= 15 is 0 Å². The van der Waals surface area contributed by atoms with Crippen LogP contribution in [0.15, 0.2) is 22.7 Å². The number of aliphatic hydroxyl groups excluding tert-OH is 1. The second-order valence-electron chi connectivity index (χ2n) is 3.26. The van der Waals surface area contributed by atoms with Crippen LogP contribution in [0.1, 0.15) is 18.9 Å². The quantitative estimate of drug-likeness (QED) is 0.879. The fourth-order valence-corrected chi connectivity index (χ4v) is 1.27. The van der Waals surface area contributed by atoms with Gasteiger partial charge in [0.25, 0.3) is 5.89 Å². The molecule has 0 spiro atoms. The summed E-state index contributed by atoms with van der Waals surface area (Å²) in [6.45, 7) is 1.51. The average molecular weight is 243 g/mol. The van der Waals surface area contributed by atoms with Crippen molar-refractivity contribution < 1.29 is 14.0 Å². The fourth-order valence-electron chi connectivity index (χ4n) is 1.15. The molecule has 0 aliphatic heterocycles. The van der Waals surface area contributed by atoms with Crippen LogP contribution in [0.4, 0.5) is 4.39 Å². The van der Waals surface area contributed by atoms with Gasteiger partial charge in [-0.3, -0.25) is 0 Å². The Balaban J connectivity index is 2.39. The summed E-state index contributed by atoms with van der Waals surface area (Å²) < 4.78 is 18.0. The molecule has 1 aromatic carbocycles. The first-order valence-corrected chi connectivity index (χ1v) is 4.93. The van der Waals surface area contributed by atoms with Crippen molar-refractivity contribution in [2.24, 2.45) is 0 Å². The highest BCUT2D eigenvalue weighted by Crippen LogP contribution is 2.23. The maximum atomic E-state index is 13.2. The van der Waals surface area contributed by atoms with Crippen LogP contribution in [0.5, 0.6) is 0 Å². The van der Waals surface area contributed by atoms with Gasteiger partial charge in [0.15, 0.2) is 5.82 Å². The lowest BCUT2D eigenvalue weighted by molar-refractivity contribution is 0.184. The van der Waals surface area contributed by atoms with Gasteiger partial charge in [-0.1, -0.05) is 16.8 Å². The van der Waals surface area contributed by atoms with Crippen molar-refractivity contribution in [1.82, 2.24) is 10.1 Å². The van der Waals surface area contributed by atoms with E-state index in [9.17, 15) is 9.50 Å². The van der Waals surface area contributed by atoms with Crippen molar-refractivity contribution >= 4 is 11.6 Å². The van der Waals surface area contributed by atoms with Gasteiger partial charge in [0.05, 0.1) is 5.02 Å². The smallest absolute Gasteiger partial charge is 0.258 e. The molecule has 0 saturated carbocycles. The van der Waals surface area contributed by atoms with E-state index in [4.69, 9.17) is 16.1 Å². The summed E-state index contributed by atoms with van der Waals surface area (Å²) in [5.74, 6) is -0.257. The Morgan fingerprint density at radius 3 is 2.81 bits per heavy atom. The molecule has 84 valence electrons. The van der Waals surface area contributed by atoms with Crippen molar-refractivity contribution in [3.8, 4) is 11.5 Å². The standard InChI is InChI=1S/C10H8ClFN2O2/c1-5(15)9-13-10(16-14-9)6-2-3-7(11)8(12)4-6/h2-5,15H,1H3. The molecule has 1 unspecified atom stereocenters. The van der Waals surface area contributed by atoms with E-state index in [1.165, 1.54) is 19.1 Å². The van der Waals surface area contributed by atoms with Crippen LogP contribution in [0.2, 0.25) is 5.02 Å². The Bertz CT molecular complexity index is 513. The van der Waals surface area contributed by atoms with Crippen molar-refractivity contribution in [2.75, 3.05) is 0 Å². The highest BCUT2D eigenvalue weighted by Gasteiger charge is 2.13. The summed E-state index contributed by atoms with van der Waals surface area (Å²) in [5.41, 5.74) is 0.418. The average Bonchev–Trinajstić information content (AvgIpc) is 2.71. The van der Waals surface area contributed by atoms with E-state index in [1.54, 1.807) is 6.07 Å². The molecule has 0 fully saturated rings. The Kier molecular flexibility index (Phi) is 2.89. The third-order valence-electron chi connectivity index (χ3n) is 1.98. The van der Waals surface area contributed by atoms with Crippen LogP contribution < -0.4 is 0 Å². The molecule has 2 aromatic rings. The third-order valence-corrected chi connectivity index (χ3v) is 2.29. The summed E-state index contributed by atoms with van der Waals surface area (Å²) >= 11 is 5.54. The van der Waals surface area contributed by atoms with Crippen LogP contribution >= 0.6 is 11.6 Å². The zero-order chi connectivity index (χ0) is 11.7. The Labute approximate surface area is 95.7 Å². The van der Waals surface area contributed by atoms with Gasteiger partial charge in [-0.05, 0) is 25.1 Å². The van der Waals surface area contributed by atoms with Crippen LogP contribution in [-0.4, -0.2) is 15.2 Å². The second kappa shape index (κ2) is 4.19. The normalized spacial score (nSPS) is 12.8. The first-order valence-electron chi connectivity index (χ1n) is 4.55. The summed E-state index contributed by atoms with van der Waals surface area (Å²) in [6, 6.07) is 4.16. The van der Waals surface area contributed by atoms with E-state index in [-0.39, 0.29) is 16.7 Å². The van der Waals surface area contributed by atoms with Gasteiger partial charge in [-0.25, -0.2) is 4.39 Å². The zero-order valence-corrected chi connectivity index (χ0v) is 9.07. The lowest BCUT2D eigenvalue weighted by Crippen LogP contribution is -1.93. The molecule has 1 heterocycles. The first kappa shape index (κ1) is 11.0. The number of aliphatic hydroxyl groups is 1. The minimum atomic E-state index is -0.824. The van der Waals surface area contributed by atoms with Gasteiger partial charge in [0, 0.05) is 5.56 Å². The number of benzene rings is 1. The molecule has 0 aliphatic carbocycles. The summed E-state index contributed by atoms with van der Waals surface area (Å²) in [6.07, 6.45) is -0.824. The molecule has 1 aromatic heterocycles. The van der Waals surface area contributed by atoms with Crippen LogP contribution in [0.25, 0.3) is 11.5 Å². The van der Waals surface area contributed by atoms with Crippen molar-refractivity contribution in [3.63, 3.8) is 0 Å². The second-order valence-corrected chi connectivity index (χ2v) is 3.67. The highest BCUT2D eigenvalue weighted by molar-refractivity contribution is 6.30. The maximum absolute atomic E-state index is 13.2. The SMILES string of the molecule is CC(O)c1noc(-c2ccc(Cl)c(F)c2)n1. The van der Waals surface area contributed by atoms with Gasteiger partial charge in [0.1, 0.15) is 11.9 Å². The Morgan fingerprint density at radius 2 is 2.25 bits per heavy atom. The molecule has 0 radical (unpaired) electrons. The predicted octanol–water partition coefficient (Wildman–Crippen LogP) is 2.58. The minimum absolute atomic E-state index is 0.0269. The minimum Gasteiger partial charge on any atom is -0.385 e. The molecule has 0 amide bonds. The van der Waals surface area contributed by atoms with Crippen LogP contribution in [0.3, 0.4) is 0 Å². The molecular weight excluding hydrogens is 235 g/mol. The molecule has 6 heteroatoms. The number of hydrogen-bond donors (Lipinski definition) is 1. The Morgan fingerprint density at radius 1 is 1.50 bits per heavy atom. The molecule has 1 atom stereocenters. The van der Waals surface area contributed by atoms with Crippen LogP contribution in [0, 0.1) is 5.82 Å². The van der Waals surface area contributed by atoms with E-state index < -0.39 is 11.9 Å². The van der Waals surface area contributed by atoms with Crippen molar-refractivity contribution in [3.05, 3.63) is 34.9 Å². The number of rotatable bonds is 2. The van der Waals surface area contributed by atoms with E-state index in [2.05, 4.69) is 10.1 Å². The fraction of sp³-hybridized carbons (Fsp3) is 0.200. The first-order chi connectivity index (χ1) is 7.58. The lowest BCUT2D eigenvalue weighted by Gasteiger charge is -1.96. The monoisotopic (exact) mass is 242 g/mol. The van der Waals surface area contributed by atoms with E-state index in [0.717, 1.165) is 0 Å². The van der Waals surface area contributed by atoms with Gasteiger partial charge >= 0.3 is 0 Å². The van der Waals surface area contributed by atoms with Gasteiger partial charge in [-0.2, -0.15) is 4.98 Å². The summed E-state index contributed by atoms with van der Waals surface area (Å²) in [7, 11) is 0. The van der Waals surface area contributed by atoms with Gasteiger partial charge in [0.2, 0.25) is 0 Å². The molecule has 0 saturated heterocycles. The number of aromatic nitrogens is 2. The zero-order valence-electron chi connectivity index (χ0n) is 8.32. The van der Waals surface area contributed by atoms with Gasteiger partial charge in [-0.15, -0.1) is 0 Å². The van der Waals surface area contributed by atoms with Gasteiger partial charge < -0.3 is 9.63 Å². The Hall–Kier alpha value is -1.46. The van der Waals surface area contributed by atoms with Crippen LogP contribution in [-0.2, 0) is 0 Å². The molecule has 16 heavy (non-hydrogen) atoms. The summed E-state index contributed by atoms with van der Waals surface area (Å²) in [5, 5.41) is 12.8. The topological polar surface area (TPSA) is 59.2 Å². The number of halogens is 2. The largest absolute Gasteiger partial charge is 0.385 e. The van der Waals surface area contributed by atoms with Crippen molar-refractivity contribution in [1.29, 1.82) is 0 Å². The molecule has 2 rings (SSSR count). The number of hydrogen-bond acceptors (Lipinski definition) is 4. The molecule has 4 nitrogen and oxygen atoms in total. The molecular formula is C10H8ClFN2O2. The number of nitrogens with zero attached hydrogens (tertiary/aromatic N) is 2. The molecule has 0 bridgehead atoms. The highest BCUT2D eigenvalue weighted by atomic mass is 35.5. The molecule has 1 N–H and O–H groups in total. The summed E-state index contributed by atoms with van der Waals surface area (Å²) in [4.78, 5) is 3.91. The van der Waals surface area contributed by atoms with Crippen molar-refractivity contribution in [2.45, 2.75) is 13.0 Å². The van der Waals surface area contributed by atoms with E-state index in [1.807, 2.05) is 0 Å². The van der Waals surface area contributed by atoms with E-state index in [0.29, 0.717) is 5.56 Å². The molecule has 0 aliphatic rings. The third kappa shape index (κ3) is 2.05.